The molecule has 2 aliphatic rings. The maximum atomic E-state index is 11.8. The van der Waals surface area contributed by atoms with Crippen LogP contribution in [0.3, 0.4) is 0 Å². The molecule has 0 amide bonds. The third-order valence-electron chi connectivity index (χ3n) is 5.53. The predicted molar refractivity (Wildman–Crippen MR) is 118 cm³/mol. The number of hydrogen-bond acceptors (Lipinski definition) is 5. The van der Waals surface area contributed by atoms with Crippen molar-refractivity contribution in [2.75, 3.05) is 25.0 Å². The molecule has 0 aromatic carbocycles. The molecule has 3 rings (SSSR count). The fraction of sp³-hybridized carbons (Fsp3) is 0.700. The van der Waals surface area contributed by atoms with Gasteiger partial charge in [-0.15, -0.1) is 0 Å². The van der Waals surface area contributed by atoms with Crippen LogP contribution in [0.4, 0.5) is 5.82 Å². The number of nitrogens with zero attached hydrogens (tertiary/aromatic N) is 2. The van der Waals surface area contributed by atoms with Crippen molar-refractivity contribution in [1.29, 1.82) is 0 Å². The van der Waals surface area contributed by atoms with Crippen molar-refractivity contribution in [2.45, 2.75) is 62.0 Å². The fourth-order valence-corrected chi connectivity index (χ4v) is 5.38. The van der Waals surface area contributed by atoms with E-state index in [4.69, 9.17) is 16.3 Å². The summed E-state index contributed by atoms with van der Waals surface area (Å²) in [7, 11) is 0. The molecule has 1 N–H and O–H groups in total. The predicted octanol–water partition coefficient (Wildman–Crippen LogP) is 5.13. The van der Waals surface area contributed by atoms with E-state index in [1.165, 1.54) is 57.8 Å². The largest absolute Gasteiger partial charge is 0.462 e. The average Bonchev–Trinajstić information content (AvgIpc) is 2.67. The van der Waals surface area contributed by atoms with Crippen LogP contribution >= 0.6 is 34.2 Å². The molecular weight excluding hydrogens is 477 g/mol. The summed E-state index contributed by atoms with van der Waals surface area (Å²) in [6.07, 6.45) is 10.8. The van der Waals surface area contributed by atoms with E-state index in [-0.39, 0.29) is 5.97 Å². The van der Waals surface area contributed by atoms with E-state index in [1.54, 1.807) is 13.0 Å². The number of nitrogens with one attached hydrogen (secondary N) is 1. The van der Waals surface area contributed by atoms with E-state index in [0.717, 1.165) is 12.3 Å². The second-order valence-electron chi connectivity index (χ2n) is 7.54. The molecule has 2 fully saturated rings. The molecule has 2 heterocycles. The minimum absolute atomic E-state index is 0.307. The van der Waals surface area contributed by atoms with Crippen LogP contribution in [0.25, 0.3) is 0 Å². The number of rotatable bonds is 6. The Morgan fingerprint density at radius 1 is 1.33 bits per heavy atom. The Labute approximate surface area is 180 Å². The number of alkyl halides is 1. The van der Waals surface area contributed by atoms with E-state index in [0.29, 0.717) is 33.1 Å². The maximum absolute atomic E-state index is 11.8. The van der Waals surface area contributed by atoms with Gasteiger partial charge in [-0.3, -0.25) is 4.90 Å². The quantitative estimate of drug-likeness (QED) is 0.251. The molecule has 2 atom stereocenters. The van der Waals surface area contributed by atoms with Gasteiger partial charge in [0.05, 0.1) is 27.3 Å². The molecule has 0 radical (unpaired) electrons. The van der Waals surface area contributed by atoms with E-state index >= 15 is 0 Å². The summed E-state index contributed by atoms with van der Waals surface area (Å²) >= 11 is 8.95. The Kier molecular flexibility index (Phi) is 8.02. The summed E-state index contributed by atoms with van der Waals surface area (Å²) in [5.41, 5.74) is 0.390. The monoisotopic (exact) mass is 505 g/mol. The lowest BCUT2D eigenvalue weighted by Gasteiger charge is -2.41. The summed E-state index contributed by atoms with van der Waals surface area (Å²) < 4.78 is 5.43. The molecule has 1 aliphatic heterocycles. The number of carbonyl (C=O) groups excluding carboxylic acids is 1. The molecule has 1 aromatic heterocycles. The first kappa shape index (κ1) is 21.1. The maximum Gasteiger partial charge on any atom is 0.339 e. The van der Waals surface area contributed by atoms with Gasteiger partial charge in [-0.1, -0.05) is 53.5 Å². The molecular formula is C20H29ClIN3O2. The number of ether oxygens (including phenoxy) is 1. The molecule has 1 unspecified atom stereocenters. The average molecular weight is 506 g/mol. The van der Waals surface area contributed by atoms with Gasteiger partial charge in [0, 0.05) is 12.7 Å². The van der Waals surface area contributed by atoms with Crippen molar-refractivity contribution in [3.8, 4) is 0 Å². The van der Waals surface area contributed by atoms with Crippen molar-refractivity contribution < 1.29 is 9.53 Å². The molecule has 27 heavy (non-hydrogen) atoms. The van der Waals surface area contributed by atoms with Crippen LogP contribution in [0, 0.1) is 5.92 Å². The highest BCUT2D eigenvalue weighted by Crippen LogP contribution is 2.31. The third kappa shape index (κ3) is 5.70. The smallest absolute Gasteiger partial charge is 0.339 e. The lowest BCUT2D eigenvalue weighted by atomic mass is 9.88. The SMILES string of the molecule is CCOC(=O)c1cnc(N[C@@H]2CCCN(CC3CCCCC3)C2I)c(Cl)c1. The molecule has 0 bridgehead atoms. The number of esters is 1. The number of anilines is 1. The van der Waals surface area contributed by atoms with E-state index < -0.39 is 0 Å². The number of piperidine rings is 1. The van der Waals surface area contributed by atoms with Gasteiger partial charge >= 0.3 is 5.97 Å². The zero-order chi connectivity index (χ0) is 19.2. The highest BCUT2D eigenvalue weighted by molar-refractivity contribution is 14.1. The number of likely N-dealkylation sites (tertiary alicyclic amines) is 1. The van der Waals surface area contributed by atoms with Crippen molar-refractivity contribution in [3.05, 3.63) is 22.8 Å². The van der Waals surface area contributed by atoms with E-state index in [1.807, 2.05) is 0 Å². The molecule has 1 aromatic rings. The van der Waals surface area contributed by atoms with Gasteiger partial charge in [0.2, 0.25) is 0 Å². The van der Waals surface area contributed by atoms with Gasteiger partial charge in [0.1, 0.15) is 5.82 Å². The first-order valence-corrected chi connectivity index (χ1v) is 11.7. The van der Waals surface area contributed by atoms with Gasteiger partial charge in [0.15, 0.2) is 0 Å². The summed E-state index contributed by atoms with van der Waals surface area (Å²) in [5.74, 6) is 1.11. The van der Waals surface area contributed by atoms with E-state index in [2.05, 4.69) is 37.8 Å². The topological polar surface area (TPSA) is 54.5 Å². The number of halogens is 2. The molecule has 1 saturated heterocycles. The van der Waals surface area contributed by atoms with Gasteiger partial charge in [-0.05, 0) is 51.1 Å². The van der Waals surface area contributed by atoms with Crippen LogP contribution in [0.1, 0.15) is 62.2 Å². The minimum Gasteiger partial charge on any atom is -0.462 e. The first-order chi connectivity index (χ1) is 13.1. The summed E-state index contributed by atoms with van der Waals surface area (Å²) in [5, 5.41) is 3.99. The molecule has 5 nitrogen and oxygen atoms in total. The Balaban J connectivity index is 1.61. The highest BCUT2D eigenvalue weighted by Gasteiger charge is 2.31. The zero-order valence-corrected chi connectivity index (χ0v) is 18.8. The standard InChI is InChI=1S/C20H29ClIN3O2/c1-2-27-20(26)15-11-16(21)19(23-12-15)24-17-9-6-10-25(18(17)22)13-14-7-4-3-5-8-14/h11-12,14,17-18H,2-10,13H2,1H3,(H,23,24)/t17-,18?/m1/s1. The normalized spacial score (nSPS) is 24.6. The Hall–Kier alpha value is -0.600. The van der Waals surface area contributed by atoms with Crippen LogP contribution in [0.5, 0.6) is 0 Å². The lowest BCUT2D eigenvalue weighted by molar-refractivity contribution is 0.0526. The fourth-order valence-electron chi connectivity index (χ4n) is 4.11. The van der Waals surface area contributed by atoms with Crippen LogP contribution in [-0.2, 0) is 4.74 Å². The summed E-state index contributed by atoms with van der Waals surface area (Å²) in [4.78, 5) is 18.8. The molecule has 150 valence electrons. The van der Waals surface area contributed by atoms with Crippen LogP contribution in [0.2, 0.25) is 5.02 Å². The Morgan fingerprint density at radius 2 is 2.11 bits per heavy atom. The van der Waals surface area contributed by atoms with Gasteiger partial charge in [0.25, 0.3) is 0 Å². The third-order valence-corrected chi connectivity index (χ3v) is 7.48. The molecule has 0 spiro atoms. The Bertz CT molecular complexity index is 640. The van der Waals surface area contributed by atoms with Crippen molar-refractivity contribution in [2.24, 2.45) is 5.92 Å². The van der Waals surface area contributed by atoms with Gasteiger partial charge < -0.3 is 10.1 Å². The molecule has 1 aliphatic carbocycles. The van der Waals surface area contributed by atoms with Crippen LogP contribution in [-0.4, -0.2) is 45.6 Å². The minimum atomic E-state index is -0.387. The van der Waals surface area contributed by atoms with E-state index in [9.17, 15) is 4.79 Å². The van der Waals surface area contributed by atoms with Crippen LogP contribution in [0.15, 0.2) is 12.3 Å². The van der Waals surface area contributed by atoms with Gasteiger partial charge in [-0.2, -0.15) is 0 Å². The van der Waals surface area contributed by atoms with Crippen molar-refractivity contribution >= 4 is 46.0 Å². The van der Waals surface area contributed by atoms with Crippen LogP contribution < -0.4 is 5.32 Å². The van der Waals surface area contributed by atoms with Crippen molar-refractivity contribution in [3.63, 3.8) is 0 Å². The molecule has 1 saturated carbocycles. The first-order valence-electron chi connectivity index (χ1n) is 10.1. The number of hydrogen-bond donors (Lipinski definition) is 1. The van der Waals surface area contributed by atoms with Gasteiger partial charge in [-0.25, -0.2) is 9.78 Å². The molecule has 7 heteroatoms. The number of aromatic nitrogens is 1. The second kappa shape index (κ2) is 10.3. The summed E-state index contributed by atoms with van der Waals surface area (Å²) in [6.45, 7) is 4.50. The zero-order valence-electron chi connectivity index (χ0n) is 15.9. The second-order valence-corrected chi connectivity index (χ2v) is 9.22. The highest BCUT2D eigenvalue weighted by atomic mass is 127. The lowest BCUT2D eigenvalue weighted by Crippen LogP contribution is -2.49. The summed E-state index contributed by atoms with van der Waals surface area (Å²) in [6, 6.07) is 1.95. The number of carbonyl (C=O) groups is 1. The number of pyridine rings is 1. The Morgan fingerprint density at radius 3 is 2.81 bits per heavy atom. The van der Waals surface area contributed by atoms with Crippen molar-refractivity contribution in [1.82, 2.24) is 9.88 Å².